The van der Waals surface area contributed by atoms with E-state index in [1.807, 2.05) is 5.38 Å². The van der Waals surface area contributed by atoms with Gasteiger partial charge < -0.3 is 5.32 Å². The molecule has 0 unspecified atom stereocenters. The standard InChI is InChI=1S/C21H33N3O3S2/c1-15(2)29(26,27)24-12-8-16(9-13-24)20-22-18(14-28-20)19(25)23-21(10-11-21)17-6-4-3-5-7-17/h14-17H,3-13H2,1-2H3,(H,23,25). The number of hydrogen-bond acceptors (Lipinski definition) is 5. The van der Waals surface area contributed by atoms with Gasteiger partial charge in [-0.1, -0.05) is 19.3 Å². The van der Waals surface area contributed by atoms with Crippen LogP contribution >= 0.6 is 11.3 Å². The summed E-state index contributed by atoms with van der Waals surface area (Å²) in [6, 6.07) is 0. The summed E-state index contributed by atoms with van der Waals surface area (Å²) in [6.07, 6.45) is 10.1. The number of piperidine rings is 1. The molecule has 2 aliphatic carbocycles. The smallest absolute Gasteiger partial charge is 0.271 e. The van der Waals surface area contributed by atoms with Crippen LogP contribution in [0.3, 0.4) is 0 Å². The number of thiazole rings is 1. The van der Waals surface area contributed by atoms with Crippen molar-refractivity contribution in [3.63, 3.8) is 0 Å². The number of rotatable bonds is 6. The van der Waals surface area contributed by atoms with Crippen LogP contribution in [0.15, 0.2) is 5.38 Å². The Balaban J connectivity index is 1.35. The van der Waals surface area contributed by atoms with Crippen molar-refractivity contribution in [2.45, 2.75) is 88.3 Å². The lowest BCUT2D eigenvalue weighted by Gasteiger charge is -2.31. The summed E-state index contributed by atoms with van der Waals surface area (Å²) in [5.41, 5.74) is 0.557. The third-order valence-electron chi connectivity index (χ3n) is 7.05. The number of nitrogens with zero attached hydrogens (tertiary/aromatic N) is 2. The largest absolute Gasteiger partial charge is 0.345 e. The van der Waals surface area contributed by atoms with Gasteiger partial charge in [-0.15, -0.1) is 11.3 Å². The van der Waals surface area contributed by atoms with Crippen LogP contribution in [0, 0.1) is 5.92 Å². The molecule has 1 saturated heterocycles. The number of carbonyl (C=O) groups excluding carboxylic acids is 1. The minimum Gasteiger partial charge on any atom is -0.345 e. The average Bonchev–Trinajstić information content (AvgIpc) is 3.33. The molecule has 1 aliphatic heterocycles. The monoisotopic (exact) mass is 439 g/mol. The zero-order chi connectivity index (χ0) is 20.6. The lowest BCUT2D eigenvalue weighted by Crippen LogP contribution is -2.43. The lowest BCUT2D eigenvalue weighted by atomic mass is 9.82. The summed E-state index contributed by atoms with van der Waals surface area (Å²) >= 11 is 1.54. The van der Waals surface area contributed by atoms with Crippen molar-refractivity contribution in [1.29, 1.82) is 0 Å². The summed E-state index contributed by atoms with van der Waals surface area (Å²) in [5, 5.41) is 5.79. The topological polar surface area (TPSA) is 79.4 Å². The summed E-state index contributed by atoms with van der Waals surface area (Å²) in [7, 11) is -3.19. The Kier molecular flexibility index (Phi) is 6.06. The van der Waals surface area contributed by atoms with Gasteiger partial charge in [0.15, 0.2) is 0 Å². The average molecular weight is 440 g/mol. The summed E-state index contributed by atoms with van der Waals surface area (Å²) in [5.74, 6) is 0.842. The second-order valence-electron chi connectivity index (χ2n) is 9.28. The van der Waals surface area contributed by atoms with Crippen molar-refractivity contribution >= 4 is 27.3 Å². The van der Waals surface area contributed by atoms with Crippen molar-refractivity contribution in [2.24, 2.45) is 5.92 Å². The minimum absolute atomic E-state index is 0.0256. The van der Waals surface area contributed by atoms with Crippen LogP contribution in [0.25, 0.3) is 0 Å². The molecule has 4 rings (SSSR count). The van der Waals surface area contributed by atoms with Crippen molar-refractivity contribution in [3.05, 3.63) is 16.1 Å². The first-order valence-electron chi connectivity index (χ1n) is 11.1. The maximum Gasteiger partial charge on any atom is 0.271 e. The highest BCUT2D eigenvalue weighted by Gasteiger charge is 2.50. The molecule has 8 heteroatoms. The number of nitrogens with one attached hydrogen (secondary N) is 1. The Morgan fingerprint density at radius 2 is 1.83 bits per heavy atom. The molecule has 1 N–H and O–H groups in total. The molecule has 1 aromatic heterocycles. The SMILES string of the molecule is CC(C)S(=O)(=O)N1CCC(c2nc(C(=O)NC3(C4CCCCC4)CC3)cs2)CC1. The maximum absolute atomic E-state index is 12.8. The maximum atomic E-state index is 12.8. The van der Waals surface area contributed by atoms with Gasteiger partial charge in [-0.2, -0.15) is 0 Å². The van der Waals surface area contributed by atoms with Crippen LogP contribution in [-0.4, -0.2) is 47.5 Å². The fraction of sp³-hybridized carbons (Fsp3) is 0.810. The molecular weight excluding hydrogens is 406 g/mol. The normalized spacial score (nSPS) is 24.0. The van der Waals surface area contributed by atoms with Gasteiger partial charge in [-0.05, 0) is 58.3 Å². The van der Waals surface area contributed by atoms with Crippen molar-refractivity contribution in [1.82, 2.24) is 14.6 Å². The first kappa shape index (κ1) is 21.2. The third-order valence-corrected chi connectivity index (χ3v) is 10.3. The number of aromatic nitrogens is 1. The Morgan fingerprint density at radius 3 is 2.41 bits per heavy atom. The first-order valence-corrected chi connectivity index (χ1v) is 13.5. The number of amides is 1. The van der Waals surface area contributed by atoms with Gasteiger partial charge >= 0.3 is 0 Å². The van der Waals surface area contributed by atoms with E-state index >= 15 is 0 Å². The van der Waals surface area contributed by atoms with E-state index in [2.05, 4.69) is 10.3 Å². The molecular formula is C21H33N3O3S2. The van der Waals surface area contributed by atoms with E-state index in [1.54, 1.807) is 29.5 Å². The first-order chi connectivity index (χ1) is 13.8. The van der Waals surface area contributed by atoms with Crippen LogP contribution in [0.4, 0.5) is 0 Å². The highest BCUT2D eigenvalue weighted by molar-refractivity contribution is 7.89. The quantitative estimate of drug-likeness (QED) is 0.729. The summed E-state index contributed by atoms with van der Waals surface area (Å²) in [6.45, 7) is 4.54. The summed E-state index contributed by atoms with van der Waals surface area (Å²) < 4.78 is 26.3. The predicted octanol–water partition coefficient (Wildman–Crippen LogP) is 3.90. The summed E-state index contributed by atoms with van der Waals surface area (Å²) in [4.78, 5) is 17.5. The molecule has 3 aliphatic rings. The Labute approximate surface area is 178 Å². The molecule has 0 aromatic carbocycles. The van der Waals surface area contributed by atoms with Gasteiger partial charge in [-0.25, -0.2) is 17.7 Å². The highest BCUT2D eigenvalue weighted by atomic mass is 32.2. The second kappa shape index (κ2) is 8.27. The Bertz CT molecular complexity index is 831. The molecule has 6 nitrogen and oxygen atoms in total. The molecule has 0 atom stereocenters. The predicted molar refractivity (Wildman–Crippen MR) is 116 cm³/mol. The van der Waals surface area contributed by atoms with Gasteiger partial charge in [0.1, 0.15) is 5.69 Å². The highest BCUT2D eigenvalue weighted by Crippen LogP contribution is 2.48. The zero-order valence-electron chi connectivity index (χ0n) is 17.5. The van der Waals surface area contributed by atoms with E-state index in [9.17, 15) is 13.2 Å². The van der Waals surface area contributed by atoms with Crippen LogP contribution < -0.4 is 5.32 Å². The van der Waals surface area contributed by atoms with E-state index in [0.717, 1.165) is 30.7 Å². The van der Waals surface area contributed by atoms with Gasteiger partial charge in [0.2, 0.25) is 10.0 Å². The number of hydrogen-bond donors (Lipinski definition) is 1. The van der Waals surface area contributed by atoms with E-state index in [1.165, 1.54) is 32.1 Å². The fourth-order valence-corrected chi connectivity index (χ4v) is 7.24. The van der Waals surface area contributed by atoms with E-state index in [4.69, 9.17) is 0 Å². The van der Waals surface area contributed by atoms with Crippen LogP contribution in [0.1, 0.15) is 93.0 Å². The molecule has 0 bridgehead atoms. The second-order valence-corrected chi connectivity index (χ2v) is 12.7. The van der Waals surface area contributed by atoms with Gasteiger partial charge in [0, 0.05) is 29.9 Å². The van der Waals surface area contributed by atoms with Crippen LogP contribution in [0.5, 0.6) is 0 Å². The Morgan fingerprint density at radius 1 is 1.17 bits per heavy atom. The minimum atomic E-state index is -3.19. The van der Waals surface area contributed by atoms with Crippen molar-refractivity contribution in [3.8, 4) is 0 Å². The lowest BCUT2D eigenvalue weighted by molar-refractivity contribution is 0.0897. The van der Waals surface area contributed by atoms with Crippen molar-refractivity contribution in [2.75, 3.05) is 13.1 Å². The number of carbonyl (C=O) groups is 1. The zero-order valence-corrected chi connectivity index (χ0v) is 19.2. The van der Waals surface area contributed by atoms with Crippen LogP contribution in [-0.2, 0) is 10.0 Å². The molecule has 29 heavy (non-hydrogen) atoms. The fourth-order valence-electron chi connectivity index (χ4n) is 4.95. The van der Waals surface area contributed by atoms with E-state index < -0.39 is 10.0 Å². The molecule has 0 spiro atoms. The van der Waals surface area contributed by atoms with Crippen molar-refractivity contribution < 1.29 is 13.2 Å². The molecule has 162 valence electrons. The molecule has 3 fully saturated rings. The molecule has 1 amide bonds. The Hall–Kier alpha value is -0.990. The number of sulfonamides is 1. The molecule has 2 heterocycles. The van der Waals surface area contributed by atoms with Gasteiger partial charge in [0.05, 0.1) is 10.3 Å². The molecule has 0 radical (unpaired) electrons. The molecule has 2 saturated carbocycles. The van der Waals surface area contributed by atoms with Gasteiger partial charge in [-0.3, -0.25) is 4.79 Å². The van der Waals surface area contributed by atoms with E-state index in [0.29, 0.717) is 24.7 Å². The molecule has 1 aromatic rings. The third kappa shape index (κ3) is 4.39. The van der Waals surface area contributed by atoms with Crippen LogP contribution in [0.2, 0.25) is 0 Å². The van der Waals surface area contributed by atoms with E-state index in [-0.39, 0.29) is 22.6 Å². The van der Waals surface area contributed by atoms with Gasteiger partial charge in [0.25, 0.3) is 5.91 Å².